The van der Waals surface area contributed by atoms with Gasteiger partial charge in [-0.25, -0.2) is 0 Å². The zero-order valence-electron chi connectivity index (χ0n) is 11.8. The molecule has 2 heterocycles. The van der Waals surface area contributed by atoms with E-state index in [0.29, 0.717) is 23.4 Å². The molecule has 0 unspecified atom stereocenters. The number of rotatable bonds is 4. The lowest BCUT2D eigenvalue weighted by atomic mass is 10.0. The lowest BCUT2D eigenvalue weighted by Gasteiger charge is -2.18. The third-order valence-electron chi connectivity index (χ3n) is 3.72. The van der Waals surface area contributed by atoms with Crippen LogP contribution in [0.3, 0.4) is 0 Å². The number of carbonyl (C=O) groups is 1. The minimum Gasteiger partial charge on any atom is -0.463 e. The van der Waals surface area contributed by atoms with Crippen molar-refractivity contribution in [1.82, 2.24) is 0 Å². The summed E-state index contributed by atoms with van der Waals surface area (Å²) in [6.07, 6.45) is 5.16. The molecule has 3 rings (SSSR count). The molecule has 3 nitrogen and oxygen atoms in total. The maximum absolute atomic E-state index is 12.2. The molecule has 0 N–H and O–H groups in total. The molecule has 1 aromatic carbocycles. The third kappa shape index (κ3) is 2.56. The average molecular weight is 300 g/mol. The minimum atomic E-state index is -0.205. The van der Waals surface area contributed by atoms with Crippen LogP contribution >= 0.6 is 11.8 Å². The van der Waals surface area contributed by atoms with E-state index >= 15 is 0 Å². The number of unbranched alkanes of at least 4 members (excludes halogenated alkanes) is 1. The summed E-state index contributed by atoms with van der Waals surface area (Å²) in [6.45, 7) is 2.17. The summed E-state index contributed by atoms with van der Waals surface area (Å²) in [5.74, 6) is 1.18. The molecule has 2 aromatic rings. The molecule has 0 amide bonds. The van der Waals surface area contributed by atoms with Crippen LogP contribution in [-0.4, -0.2) is 6.29 Å². The van der Waals surface area contributed by atoms with E-state index in [-0.39, 0.29) is 11.0 Å². The number of hydrogen-bond acceptors (Lipinski definition) is 4. The standard InChI is InChI=1S/C17H16O3S/c1-2-3-4-11-5-6-15-13(7-11)17-14(10-21-15)16(19)12(8-18)9-20-17/h5-9H,2-4,10H2,1H3. The van der Waals surface area contributed by atoms with Gasteiger partial charge in [-0.2, -0.15) is 0 Å². The number of thioether (sulfide) groups is 1. The van der Waals surface area contributed by atoms with E-state index in [4.69, 9.17) is 4.42 Å². The van der Waals surface area contributed by atoms with Crippen molar-refractivity contribution in [2.75, 3.05) is 0 Å². The van der Waals surface area contributed by atoms with Crippen molar-refractivity contribution in [2.24, 2.45) is 0 Å². The van der Waals surface area contributed by atoms with Gasteiger partial charge in [0.2, 0.25) is 0 Å². The van der Waals surface area contributed by atoms with Crippen molar-refractivity contribution < 1.29 is 9.21 Å². The largest absolute Gasteiger partial charge is 0.463 e. The van der Waals surface area contributed by atoms with Gasteiger partial charge in [0.05, 0.1) is 11.1 Å². The quantitative estimate of drug-likeness (QED) is 0.799. The normalized spacial score (nSPS) is 12.6. The predicted molar refractivity (Wildman–Crippen MR) is 84.0 cm³/mol. The highest BCUT2D eigenvalue weighted by atomic mass is 32.2. The van der Waals surface area contributed by atoms with Crippen molar-refractivity contribution in [3.63, 3.8) is 0 Å². The molecular weight excluding hydrogens is 284 g/mol. The Morgan fingerprint density at radius 2 is 2.24 bits per heavy atom. The van der Waals surface area contributed by atoms with Crippen molar-refractivity contribution in [1.29, 1.82) is 0 Å². The molecule has 0 fully saturated rings. The van der Waals surface area contributed by atoms with Gasteiger partial charge in [-0.15, -0.1) is 11.8 Å². The fourth-order valence-electron chi connectivity index (χ4n) is 2.53. The second-order valence-corrected chi connectivity index (χ2v) is 6.19. The van der Waals surface area contributed by atoms with Crippen molar-refractivity contribution >= 4 is 18.0 Å². The topological polar surface area (TPSA) is 47.3 Å². The van der Waals surface area contributed by atoms with Crippen LogP contribution in [0.15, 0.2) is 38.6 Å². The zero-order valence-corrected chi connectivity index (χ0v) is 12.7. The van der Waals surface area contributed by atoms with E-state index in [1.807, 2.05) is 0 Å². The van der Waals surface area contributed by atoms with Crippen LogP contribution in [0.1, 0.15) is 41.3 Å². The fourth-order valence-corrected chi connectivity index (χ4v) is 3.56. The Morgan fingerprint density at radius 1 is 1.38 bits per heavy atom. The van der Waals surface area contributed by atoms with E-state index in [1.54, 1.807) is 11.8 Å². The molecule has 1 aromatic heterocycles. The van der Waals surface area contributed by atoms with Gasteiger partial charge in [-0.05, 0) is 30.5 Å². The minimum absolute atomic E-state index is 0.0972. The second kappa shape index (κ2) is 5.90. The van der Waals surface area contributed by atoms with E-state index in [9.17, 15) is 9.59 Å². The van der Waals surface area contributed by atoms with E-state index in [2.05, 4.69) is 25.1 Å². The molecule has 1 aliphatic heterocycles. The molecule has 0 atom stereocenters. The molecule has 108 valence electrons. The van der Waals surface area contributed by atoms with Crippen LogP contribution in [0.5, 0.6) is 0 Å². The maximum Gasteiger partial charge on any atom is 0.200 e. The van der Waals surface area contributed by atoms with Crippen molar-refractivity contribution in [3.8, 4) is 11.3 Å². The van der Waals surface area contributed by atoms with Gasteiger partial charge >= 0.3 is 0 Å². The number of aldehydes is 1. The molecule has 0 aliphatic carbocycles. The number of fused-ring (bicyclic) bond motifs is 3. The molecule has 0 saturated carbocycles. The van der Waals surface area contributed by atoms with Gasteiger partial charge in [0.15, 0.2) is 11.7 Å². The highest BCUT2D eigenvalue weighted by molar-refractivity contribution is 7.98. The van der Waals surface area contributed by atoms with Crippen LogP contribution in [0.4, 0.5) is 0 Å². The van der Waals surface area contributed by atoms with Crippen LogP contribution in [0.25, 0.3) is 11.3 Å². The third-order valence-corrected chi connectivity index (χ3v) is 4.82. The summed E-state index contributed by atoms with van der Waals surface area (Å²) in [6, 6.07) is 6.35. The number of aryl methyl sites for hydroxylation is 1. The summed E-state index contributed by atoms with van der Waals surface area (Å²) in [5.41, 5.74) is 2.73. The monoisotopic (exact) mass is 300 g/mol. The van der Waals surface area contributed by atoms with Crippen LogP contribution in [0.2, 0.25) is 0 Å². The summed E-state index contributed by atoms with van der Waals surface area (Å²) in [7, 11) is 0. The Morgan fingerprint density at radius 3 is 3.00 bits per heavy atom. The summed E-state index contributed by atoms with van der Waals surface area (Å²) in [5, 5.41) is 0. The molecule has 1 aliphatic rings. The summed E-state index contributed by atoms with van der Waals surface area (Å²) >= 11 is 1.62. The lowest BCUT2D eigenvalue weighted by molar-refractivity contribution is 0.112. The first-order valence-corrected chi connectivity index (χ1v) is 8.09. The highest BCUT2D eigenvalue weighted by Crippen LogP contribution is 2.40. The molecule has 0 spiro atoms. The van der Waals surface area contributed by atoms with Crippen LogP contribution < -0.4 is 5.43 Å². The molecule has 0 bridgehead atoms. The number of carbonyl (C=O) groups excluding carboxylic acids is 1. The number of hydrogen-bond donors (Lipinski definition) is 0. The van der Waals surface area contributed by atoms with Gasteiger partial charge in [0.25, 0.3) is 0 Å². The van der Waals surface area contributed by atoms with Crippen molar-refractivity contribution in [2.45, 2.75) is 36.8 Å². The van der Waals surface area contributed by atoms with Gasteiger partial charge in [-0.1, -0.05) is 19.4 Å². The Hall–Kier alpha value is -1.81. The molecule has 0 radical (unpaired) electrons. The van der Waals surface area contributed by atoms with Gasteiger partial charge in [-0.3, -0.25) is 9.59 Å². The maximum atomic E-state index is 12.2. The second-order valence-electron chi connectivity index (χ2n) is 5.17. The summed E-state index contributed by atoms with van der Waals surface area (Å²) in [4.78, 5) is 24.2. The average Bonchev–Trinajstić information content (AvgIpc) is 2.53. The van der Waals surface area contributed by atoms with Gasteiger partial charge in [0, 0.05) is 16.2 Å². The summed E-state index contributed by atoms with van der Waals surface area (Å²) < 4.78 is 5.59. The Kier molecular flexibility index (Phi) is 3.97. The Labute approximate surface area is 127 Å². The van der Waals surface area contributed by atoms with E-state index in [1.165, 1.54) is 11.8 Å². The van der Waals surface area contributed by atoms with E-state index in [0.717, 1.165) is 29.7 Å². The molecule has 4 heteroatoms. The fraction of sp³-hybridized carbons (Fsp3) is 0.294. The number of benzene rings is 1. The van der Waals surface area contributed by atoms with Gasteiger partial charge < -0.3 is 4.42 Å². The van der Waals surface area contributed by atoms with Crippen LogP contribution in [0, 0.1) is 0 Å². The van der Waals surface area contributed by atoms with Crippen molar-refractivity contribution in [3.05, 3.63) is 51.4 Å². The first-order chi connectivity index (χ1) is 10.2. The van der Waals surface area contributed by atoms with E-state index < -0.39 is 0 Å². The molecule has 0 saturated heterocycles. The molecule has 21 heavy (non-hydrogen) atoms. The predicted octanol–water partition coefficient (Wildman–Crippen LogP) is 4.07. The smallest absolute Gasteiger partial charge is 0.200 e. The Balaban J connectivity index is 2.10. The first kappa shape index (κ1) is 14.1. The van der Waals surface area contributed by atoms with Gasteiger partial charge in [0.1, 0.15) is 12.0 Å². The van der Waals surface area contributed by atoms with Crippen LogP contribution in [-0.2, 0) is 12.2 Å². The lowest BCUT2D eigenvalue weighted by Crippen LogP contribution is -2.16. The highest BCUT2D eigenvalue weighted by Gasteiger charge is 2.23. The molecular formula is C17H16O3S. The Bertz CT molecular complexity index is 746. The first-order valence-electron chi connectivity index (χ1n) is 7.10. The SMILES string of the molecule is CCCCc1ccc2c(c1)-c1occ(C=O)c(=O)c1CS2. The zero-order chi connectivity index (χ0) is 14.8.